The van der Waals surface area contributed by atoms with Gasteiger partial charge < -0.3 is 9.64 Å². The van der Waals surface area contributed by atoms with Gasteiger partial charge in [-0.15, -0.1) is 0 Å². The largest absolute Gasteiger partial charge is 0.493 e. The number of nitrogens with zero attached hydrogens (tertiary/aromatic N) is 2. The normalized spacial score (nSPS) is 17.1. The molecule has 0 unspecified atom stereocenters. The number of benzene rings is 1. The Morgan fingerprint density at radius 2 is 2.00 bits per heavy atom. The molecule has 7 nitrogen and oxygen atoms in total. The van der Waals surface area contributed by atoms with Gasteiger partial charge in [0, 0.05) is 31.3 Å². The van der Waals surface area contributed by atoms with Crippen molar-refractivity contribution in [2.45, 2.75) is 19.4 Å². The molecule has 3 rings (SSSR count). The van der Waals surface area contributed by atoms with Crippen LogP contribution in [0.1, 0.15) is 12.8 Å². The molecule has 0 aliphatic carbocycles. The molecule has 1 aromatic carbocycles. The minimum absolute atomic E-state index is 0.110. The van der Waals surface area contributed by atoms with Gasteiger partial charge in [-0.05, 0) is 37.1 Å². The maximum absolute atomic E-state index is 12.9. The number of piperidine rings is 1. The Hall–Kier alpha value is -2.90. The molecule has 1 amide bonds. The van der Waals surface area contributed by atoms with E-state index in [0.717, 1.165) is 12.8 Å². The number of aromatic nitrogens is 2. The van der Waals surface area contributed by atoms with Crippen LogP contribution < -0.4 is 16.0 Å². The Bertz CT molecular complexity index is 875. The van der Waals surface area contributed by atoms with Gasteiger partial charge in [-0.25, -0.2) is 9.18 Å². The number of rotatable bonds is 5. The highest BCUT2D eigenvalue weighted by Crippen LogP contribution is 2.19. The van der Waals surface area contributed by atoms with Gasteiger partial charge >= 0.3 is 5.69 Å². The maximum Gasteiger partial charge on any atom is 0.328 e. The number of amides is 1. The van der Waals surface area contributed by atoms with E-state index in [1.807, 2.05) is 0 Å². The number of H-pyrrole nitrogens is 1. The van der Waals surface area contributed by atoms with Crippen molar-refractivity contribution in [1.29, 1.82) is 0 Å². The fourth-order valence-corrected chi connectivity index (χ4v) is 2.99. The highest BCUT2D eigenvalue weighted by Gasteiger charge is 2.24. The molecule has 1 aliphatic rings. The van der Waals surface area contributed by atoms with Crippen molar-refractivity contribution in [3.05, 3.63) is 63.2 Å². The van der Waals surface area contributed by atoms with Crippen molar-refractivity contribution < 1.29 is 13.9 Å². The van der Waals surface area contributed by atoms with Gasteiger partial charge in [0.15, 0.2) is 0 Å². The zero-order chi connectivity index (χ0) is 18.5. The summed E-state index contributed by atoms with van der Waals surface area (Å²) in [6, 6.07) is 7.04. The van der Waals surface area contributed by atoms with E-state index in [-0.39, 0.29) is 24.2 Å². The summed E-state index contributed by atoms with van der Waals surface area (Å²) in [5, 5.41) is 0. The van der Waals surface area contributed by atoms with E-state index >= 15 is 0 Å². The first-order valence-electron chi connectivity index (χ1n) is 8.47. The minimum atomic E-state index is -0.598. The number of halogens is 1. The van der Waals surface area contributed by atoms with Crippen LogP contribution >= 0.6 is 0 Å². The van der Waals surface area contributed by atoms with Crippen molar-refractivity contribution in [2.24, 2.45) is 5.92 Å². The Morgan fingerprint density at radius 1 is 1.23 bits per heavy atom. The van der Waals surface area contributed by atoms with Crippen LogP contribution in [0.15, 0.2) is 46.1 Å². The standard InChI is InChI=1S/C18H20FN3O4/c19-14-3-5-15(6-4-14)26-12-13-2-1-8-21(10-13)17(24)11-22-9-7-16(23)20-18(22)25/h3-7,9,13H,1-2,8,10-12H2,(H,20,23,25)/t13-/m1/s1. The van der Waals surface area contributed by atoms with Crippen LogP contribution in [0, 0.1) is 11.7 Å². The van der Waals surface area contributed by atoms with Gasteiger partial charge in [0.05, 0.1) is 6.61 Å². The molecule has 1 aliphatic heterocycles. The van der Waals surface area contributed by atoms with Crippen LogP contribution in [0.5, 0.6) is 5.75 Å². The number of nitrogens with one attached hydrogen (secondary N) is 1. The molecule has 26 heavy (non-hydrogen) atoms. The molecule has 1 fully saturated rings. The lowest BCUT2D eigenvalue weighted by Crippen LogP contribution is -2.44. The zero-order valence-electron chi connectivity index (χ0n) is 14.2. The first-order chi connectivity index (χ1) is 12.5. The lowest BCUT2D eigenvalue weighted by Gasteiger charge is -2.32. The second-order valence-corrected chi connectivity index (χ2v) is 6.35. The molecular weight excluding hydrogens is 341 g/mol. The number of ether oxygens (including phenoxy) is 1. The SMILES string of the molecule is O=C(Cn1ccc(=O)[nH]c1=O)N1CCC[C@@H](COc2ccc(F)cc2)C1. The first-order valence-corrected chi connectivity index (χ1v) is 8.47. The van der Waals surface area contributed by atoms with Gasteiger partial charge in [0.2, 0.25) is 5.91 Å². The molecule has 1 aromatic heterocycles. The monoisotopic (exact) mass is 361 g/mol. The smallest absolute Gasteiger partial charge is 0.328 e. The van der Waals surface area contributed by atoms with Gasteiger partial charge in [0.25, 0.3) is 5.56 Å². The molecule has 1 saturated heterocycles. The number of carbonyl (C=O) groups is 1. The Kier molecular flexibility index (Phi) is 5.50. The van der Waals surface area contributed by atoms with Gasteiger partial charge in [-0.3, -0.25) is 19.1 Å². The molecule has 138 valence electrons. The lowest BCUT2D eigenvalue weighted by molar-refractivity contribution is -0.133. The summed E-state index contributed by atoms with van der Waals surface area (Å²) in [5.41, 5.74) is -1.09. The van der Waals surface area contributed by atoms with E-state index in [1.54, 1.807) is 17.0 Å². The maximum atomic E-state index is 12.9. The van der Waals surface area contributed by atoms with Crippen molar-refractivity contribution >= 4 is 5.91 Å². The molecule has 2 aromatic rings. The quantitative estimate of drug-likeness (QED) is 0.861. The number of hydrogen-bond donors (Lipinski definition) is 1. The minimum Gasteiger partial charge on any atom is -0.493 e. The lowest BCUT2D eigenvalue weighted by atomic mass is 9.99. The topological polar surface area (TPSA) is 84.4 Å². The molecule has 0 spiro atoms. The summed E-state index contributed by atoms with van der Waals surface area (Å²) in [5.74, 6) is 0.273. The van der Waals surface area contributed by atoms with E-state index in [2.05, 4.69) is 4.98 Å². The Balaban J connectivity index is 1.55. The summed E-state index contributed by atoms with van der Waals surface area (Å²) in [6.07, 6.45) is 3.10. The van der Waals surface area contributed by atoms with Crippen molar-refractivity contribution in [3.63, 3.8) is 0 Å². The fraction of sp³-hybridized carbons (Fsp3) is 0.389. The number of hydrogen-bond acceptors (Lipinski definition) is 4. The summed E-state index contributed by atoms with van der Waals surface area (Å²) < 4.78 is 19.8. The molecular formula is C18H20FN3O4. The molecule has 2 heterocycles. The van der Waals surface area contributed by atoms with E-state index in [4.69, 9.17) is 4.74 Å². The number of aromatic amines is 1. The Morgan fingerprint density at radius 3 is 2.73 bits per heavy atom. The van der Waals surface area contributed by atoms with E-state index in [9.17, 15) is 18.8 Å². The van der Waals surface area contributed by atoms with E-state index < -0.39 is 11.2 Å². The van der Waals surface area contributed by atoms with E-state index in [1.165, 1.54) is 29.0 Å². The van der Waals surface area contributed by atoms with Gasteiger partial charge in [0.1, 0.15) is 18.1 Å². The van der Waals surface area contributed by atoms with Crippen LogP contribution in [-0.2, 0) is 11.3 Å². The predicted octanol–water partition coefficient (Wildman–Crippen LogP) is 0.993. The van der Waals surface area contributed by atoms with Crippen molar-refractivity contribution in [1.82, 2.24) is 14.5 Å². The third-order valence-corrected chi connectivity index (χ3v) is 4.37. The summed E-state index contributed by atoms with van der Waals surface area (Å²) in [4.78, 5) is 39.1. The van der Waals surface area contributed by atoms with Crippen molar-refractivity contribution in [2.75, 3.05) is 19.7 Å². The molecule has 1 N–H and O–H groups in total. The second-order valence-electron chi connectivity index (χ2n) is 6.35. The van der Waals surface area contributed by atoms with Crippen LogP contribution in [0.3, 0.4) is 0 Å². The molecule has 1 atom stereocenters. The molecule has 0 radical (unpaired) electrons. The summed E-state index contributed by atoms with van der Waals surface area (Å²) in [6.45, 7) is 1.50. The third-order valence-electron chi connectivity index (χ3n) is 4.37. The highest BCUT2D eigenvalue weighted by atomic mass is 19.1. The average Bonchev–Trinajstić information content (AvgIpc) is 2.64. The second kappa shape index (κ2) is 7.99. The van der Waals surface area contributed by atoms with Crippen LogP contribution in [-0.4, -0.2) is 40.1 Å². The van der Waals surface area contributed by atoms with Crippen LogP contribution in [0.2, 0.25) is 0 Å². The number of carbonyl (C=O) groups excluding carboxylic acids is 1. The van der Waals surface area contributed by atoms with Crippen LogP contribution in [0.25, 0.3) is 0 Å². The highest BCUT2D eigenvalue weighted by molar-refractivity contribution is 5.76. The molecule has 0 bridgehead atoms. The summed E-state index contributed by atoms with van der Waals surface area (Å²) in [7, 11) is 0. The van der Waals surface area contributed by atoms with Crippen molar-refractivity contribution in [3.8, 4) is 5.75 Å². The molecule has 0 saturated carbocycles. The Labute approximate surface area is 149 Å². The van der Waals surface area contributed by atoms with Crippen LogP contribution in [0.4, 0.5) is 4.39 Å². The number of likely N-dealkylation sites (tertiary alicyclic amines) is 1. The van der Waals surface area contributed by atoms with E-state index in [0.29, 0.717) is 25.4 Å². The predicted molar refractivity (Wildman–Crippen MR) is 92.5 cm³/mol. The third kappa shape index (κ3) is 4.59. The summed E-state index contributed by atoms with van der Waals surface area (Å²) >= 11 is 0. The first kappa shape index (κ1) is 17.9. The molecule has 8 heteroatoms. The zero-order valence-corrected chi connectivity index (χ0v) is 14.2. The van der Waals surface area contributed by atoms with Gasteiger partial charge in [-0.1, -0.05) is 0 Å². The van der Waals surface area contributed by atoms with Gasteiger partial charge in [-0.2, -0.15) is 0 Å². The fourth-order valence-electron chi connectivity index (χ4n) is 2.99. The average molecular weight is 361 g/mol.